The fourth-order valence-corrected chi connectivity index (χ4v) is 6.98. The standard InChI is InChI=1S/C34H42N3O6P/c1-23-28(25-18-20-27(21-19-25)40-22-41-44(39,42-33(2,3)4)43-34(5,6)7)32(38)37-31(35-23)29(24-14-10-8-11-15-24)30(36-37)26-16-12-9-13-17-26/h9,12-14,16-21,36H,8,10-11,15,22H2,1-7H3. The first-order valence-corrected chi connectivity index (χ1v) is 16.5. The minimum Gasteiger partial charge on any atom is -0.467 e. The van der Waals surface area contributed by atoms with Gasteiger partial charge in [-0.3, -0.25) is 18.9 Å². The maximum atomic E-state index is 14.0. The van der Waals surface area contributed by atoms with Crippen LogP contribution in [0.2, 0.25) is 0 Å². The highest BCUT2D eigenvalue weighted by Crippen LogP contribution is 2.55. The van der Waals surface area contributed by atoms with Gasteiger partial charge < -0.3 is 4.74 Å². The van der Waals surface area contributed by atoms with Crippen LogP contribution in [0.25, 0.3) is 33.6 Å². The minimum atomic E-state index is -3.91. The predicted octanol–water partition coefficient (Wildman–Crippen LogP) is 8.71. The number of allylic oxidation sites excluding steroid dienone is 2. The quantitative estimate of drug-likeness (QED) is 0.148. The van der Waals surface area contributed by atoms with E-state index in [1.807, 2.05) is 37.3 Å². The summed E-state index contributed by atoms with van der Waals surface area (Å²) in [6, 6.07) is 17.1. The van der Waals surface area contributed by atoms with Gasteiger partial charge in [-0.1, -0.05) is 48.5 Å². The predicted molar refractivity (Wildman–Crippen MR) is 174 cm³/mol. The average molecular weight is 620 g/mol. The van der Waals surface area contributed by atoms with Crippen LogP contribution in [-0.2, 0) is 18.1 Å². The van der Waals surface area contributed by atoms with Gasteiger partial charge in [0.05, 0.1) is 28.2 Å². The van der Waals surface area contributed by atoms with E-state index in [9.17, 15) is 9.36 Å². The summed E-state index contributed by atoms with van der Waals surface area (Å²) in [4.78, 5) is 19.0. The second-order valence-electron chi connectivity index (χ2n) is 13.0. The lowest BCUT2D eigenvalue weighted by atomic mass is 9.92. The Bertz CT molecular complexity index is 1740. The van der Waals surface area contributed by atoms with Crippen molar-refractivity contribution in [2.75, 3.05) is 6.79 Å². The van der Waals surface area contributed by atoms with Crippen LogP contribution in [0.5, 0.6) is 5.75 Å². The molecule has 234 valence electrons. The molecule has 10 heteroatoms. The van der Waals surface area contributed by atoms with Crippen LogP contribution in [0, 0.1) is 6.92 Å². The smallest absolute Gasteiger partial charge is 0.467 e. The number of aryl methyl sites for hydroxylation is 1. The molecular weight excluding hydrogens is 577 g/mol. The zero-order valence-corrected chi connectivity index (χ0v) is 27.5. The molecule has 1 N–H and O–H groups in total. The number of phosphoric acid groups is 1. The van der Waals surface area contributed by atoms with Crippen LogP contribution in [0.3, 0.4) is 0 Å². The van der Waals surface area contributed by atoms with E-state index in [4.69, 9.17) is 23.3 Å². The van der Waals surface area contributed by atoms with E-state index in [0.717, 1.165) is 36.1 Å². The Morgan fingerprint density at radius 1 is 0.886 bits per heavy atom. The Hall–Kier alpha value is -3.49. The highest BCUT2D eigenvalue weighted by molar-refractivity contribution is 7.48. The van der Waals surface area contributed by atoms with Gasteiger partial charge in [0.15, 0.2) is 12.4 Å². The van der Waals surface area contributed by atoms with Crippen molar-refractivity contribution in [3.8, 4) is 28.1 Å². The molecule has 0 radical (unpaired) electrons. The van der Waals surface area contributed by atoms with Crippen molar-refractivity contribution in [3.63, 3.8) is 0 Å². The first kappa shape index (κ1) is 31.9. The number of benzene rings is 2. The Kier molecular flexibility index (Phi) is 9.06. The maximum absolute atomic E-state index is 14.0. The minimum absolute atomic E-state index is 0.177. The fourth-order valence-electron chi connectivity index (χ4n) is 5.31. The zero-order chi connectivity index (χ0) is 31.7. The molecule has 0 aliphatic heterocycles. The Morgan fingerprint density at radius 3 is 2.14 bits per heavy atom. The highest BCUT2D eigenvalue weighted by Gasteiger charge is 2.37. The number of aromatic amines is 1. The molecular formula is C34H42N3O6P. The van der Waals surface area contributed by atoms with E-state index >= 15 is 0 Å². The summed E-state index contributed by atoms with van der Waals surface area (Å²) >= 11 is 0. The molecule has 1 aliphatic carbocycles. The third-order valence-corrected chi connectivity index (χ3v) is 8.95. The molecule has 2 aromatic carbocycles. The normalized spacial score (nSPS) is 14.6. The number of fused-ring (bicyclic) bond motifs is 1. The van der Waals surface area contributed by atoms with Crippen LogP contribution in [0.1, 0.15) is 78.5 Å². The lowest BCUT2D eigenvalue weighted by Crippen LogP contribution is -2.25. The maximum Gasteiger partial charge on any atom is 0.478 e. The topological polar surface area (TPSA) is 104 Å². The number of nitrogens with one attached hydrogen (secondary N) is 1. The van der Waals surface area contributed by atoms with Gasteiger partial charge in [-0.25, -0.2) is 14.1 Å². The van der Waals surface area contributed by atoms with Gasteiger partial charge in [-0.05, 0) is 97.4 Å². The lowest BCUT2D eigenvalue weighted by molar-refractivity contribution is -0.0189. The van der Waals surface area contributed by atoms with Crippen LogP contribution < -0.4 is 10.3 Å². The molecule has 44 heavy (non-hydrogen) atoms. The number of aromatic nitrogens is 3. The number of nitrogens with zero attached hydrogens (tertiary/aromatic N) is 2. The van der Waals surface area contributed by atoms with Gasteiger partial charge in [0.1, 0.15) is 5.75 Å². The van der Waals surface area contributed by atoms with Crippen LogP contribution in [0.4, 0.5) is 0 Å². The van der Waals surface area contributed by atoms with E-state index in [0.29, 0.717) is 28.2 Å². The van der Waals surface area contributed by atoms with Gasteiger partial charge in [0.25, 0.3) is 5.56 Å². The number of ether oxygens (including phenoxy) is 1. The summed E-state index contributed by atoms with van der Waals surface area (Å²) in [5.74, 6) is 0.469. The van der Waals surface area contributed by atoms with Crippen LogP contribution in [0.15, 0.2) is 65.5 Å². The molecule has 2 heterocycles. The molecule has 0 saturated carbocycles. The second-order valence-corrected chi connectivity index (χ2v) is 14.5. The summed E-state index contributed by atoms with van der Waals surface area (Å²) in [7, 11) is -3.91. The van der Waals surface area contributed by atoms with Crippen molar-refractivity contribution >= 4 is 19.0 Å². The molecule has 0 atom stereocenters. The number of hydrogen-bond acceptors (Lipinski definition) is 7. The second kappa shape index (κ2) is 12.5. The van der Waals surface area contributed by atoms with Gasteiger partial charge in [-0.2, -0.15) is 4.52 Å². The van der Waals surface area contributed by atoms with Crippen molar-refractivity contribution in [3.05, 3.63) is 82.3 Å². The Balaban J connectivity index is 1.43. The van der Waals surface area contributed by atoms with Gasteiger partial charge in [0, 0.05) is 11.1 Å². The van der Waals surface area contributed by atoms with Crippen LogP contribution in [-0.4, -0.2) is 32.6 Å². The summed E-state index contributed by atoms with van der Waals surface area (Å²) in [6.45, 7) is 12.2. The van der Waals surface area contributed by atoms with Gasteiger partial charge in [0.2, 0.25) is 0 Å². The highest BCUT2D eigenvalue weighted by atomic mass is 31.2. The van der Waals surface area contributed by atoms with Gasteiger partial charge in [-0.15, -0.1) is 0 Å². The van der Waals surface area contributed by atoms with Gasteiger partial charge >= 0.3 is 7.82 Å². The zero-order valence-electron chi connectivity index (χ0n) is 26.6. The molecule has 2 aromatic heterocycles. The molecule has 0 amide bonds. The first-order chi connectivity index (χ1) is 20.7. The molecule has 1 aliphatic rings. The lowest BCUT2D eigenvalue weighted by Gasteiger charge is -2.30. The number of phosphoric ester groups is 1. The van der Waals surface area contributed by atoms with E-state index in [1.165, 1.54) is 12.0 Å². The van der Waals surface area contributed by atoms with E-state index < -0.39 is 19.0 Å². The SMILES string of the molecule is Cc1nc2c(C3=CCCCC3)c(-c3ccccc3)[nH]n2c(=O)c1-c1ccc(OCOP(=O)(OC(C)(C)C)OC(C)(C)C)cc1. The van der Waals surface area contributed by atoms with E-state index in [2.05, 4.69) is 11.2 Å². The molecule has 0 bridgehead atoms. The van der Waals surface area contributed by atoms with E-state index in [1.54, 1.807) is 70.3 Å². The van der Waals surface area contributed by atoms with Crippen molar-refractivity contribution < 1.29 is 22.9 Å². The average Bonchev–Trinajstić information content (AvgIpc) is 3.32. The summed E-state index contributed by atoms with van der Waals surface area (Å²) < 4.78 is 37.3. The number of rotatable bonds is 9. The number of hydrogen-bond donors (Lipinski definition) is 1. The van der Waals surface area contributed by atoms with Crippen molar-refractivity contribution in [2.24, 2.45) is 0 Å². The number of H-pyrrole nitrogens is 1. The Labute approximate surface area is 258 Å². The third-order valence-electron chi connectivity index (χ3n) is 6.99. The van der Waals surface area contributed by atoms with Crippen molar-refractivity contribution in [1.82, 2.24) is 14.6 Å². The molecule has 0 spiro atoms. The monoisotopic (exact) mass is 619 g/mol. The molecule has 9 nitrogen and oxygen atoms in total. The van der Waals surface area contributed by atoms with Crippen molar-refractivity contribution in [1.29, 1.82) is 0 Å². The first-order valence-electron chi connectivity index (χ1n) is 15.0. The third kappa shape index (κ3) is 7.41. The molecule has 0 saturated heterocycles. The molecule has 0 fully saturated rings. The largest absolute Gasteiger partial charge is 0.478 e. The van der Waals surface area contributed by atoms with Crippen molar-refractivity contribution in [2.45, 2.75) is 85.4 Å². The summed E-state index contributed by atoms with van der Waals surface area (Å²) in [5.41, 5.74) is 4.92. The van der Waals surface area contributed by atoms with Crippen LogP contribution >= 0.6 is 7.82 Å². The molecule has 0 unspecified atom stereocenters. The molecule has 5 rings (SSSR count). The summed E-state index contributed by atoms with van der Waals surface area (Å²) in [5, 5.41) is 3.38. The van der Waals surface area contributed by atoms with E-state index in [-0.39, 0.29) is 12.4 Å². The fraction of sp³-hybridized carbons (Fsp3) is 0.412. The summed E-state index contributed by atoms with van der Waals surface area (Å²) in [6.07, 6.45) is 6.54. The Morgan fingerprint density at radius 2 is 1.55 bits per heavy atom. The molecule has 4 aromatic rings.